The Balaban J connectivity index is 2.13. The topological polar surface area (TPSA) is 102 Å². The van der Waals surface area contributed by atoms with E-state index in [1.807, 2.05) is 6.19 Å². The van der Waals surface area contributed by atoms with Crippen LogP contribution in [0.15, 0.2) is 24.3 Å². The Labute approximate surface area is 159 Å². The molecule has 144 valence electrons. The lowest BCUT2D eigenvalue weighted by molar-refractivity contribution is -0.129. The molecule has 0 spiro atoms. The van der Waals surface area contributed by atoms with Crippen LogP contribution in [0.25, 0.3) is 0 Å². The summed E-state index contributed by atoms with van der Waals surface area (Å²) < 4.78 is 0. The maximum Gasteiger partial charge on any atom is 0.257 e. The molecule has 1 aromatic rings. The van der Waals surface area contributed by atoms with E-state index in [-0.39, 0.29) is 5.91 Å². The van der Waals surface area contributed by atoms with E-state index in [4.69, 9.17) is 5.26 Å². The fourth-order valence-electron chi connectivity index (χ4n) is 3.44. The Bertz CT molecular complexity index is 735. The number of hydrogen-bond donors (Lipinski definition) is 2. The first kappa shape index (κ1) is 20.4. The number of benzene rings is 1. The number of nitriles is 1. The summed E-state index contributed by atoms with van der Waals surface area (Å²) in [6.07, 6.45) is 7.88. The van der Waals surface area contributed by atoms with E-state index in [0.29, 0.717) is 23.6 Å². The first-order chi connectivity index (χ1) is 12.9. The number of carbonyl (C=O) groups is 3. The molecule has 0 aromatic heterocycles. The highest BCUT2D eigenvalue weighted by Gasteiger charge is 2.28. The van der Waals surface area contributed by atoms with Crippen molar-refractivity contribution in [1.29, 1.82) is 5.26 Å². The second kappa shape index (κ2) is 9.72. The largest absolute Gasteiger partial charge is 0.340 e. The zero-order valence-corrected chi connectivity index (χ0v) is 15.8. The molecule has 2 N–H and O–H groups in total. The first-order valence-corrected chi connectivity index (χ1v) is 9.26. The lowest BCUT2D eigenvalue weighted by Crippen LogP contribution is -2.47. The smallest absolute Gasteiger partial charge is 0.257 e. The molecule has 27 heavy (non-hydrogen) atoms. The van der Waals surface area contributed by atoms with Gasteiger partial charge in [0.1, 0.15) is 6.04 Å². The van der Waals surface area contributed by atoms with E-state index in [0.717, 1.165) is 30.6 Å². The zero-order chi connectivity index (χ0) is 19.8. The maximum absolute atomic E-state index is 12.7. The van der Waals surface area contributed by atoms with Gasteiger partial charge in [0, 0.05) is 25.2 Å². The number of carbonyl (C=O) groups excluding carboxylic acids is 3. The van der Waals surface area contributed by atoms with Crippen molar-refractivity contribution in [2.24, 2.45) is 5.92 Å². The molecule has 0 heterocycles. The van der Waals surface area contributed by atoms with Gasteiger partial charge in [-0.3, -0.25) is 19.3 Å². The molecule has 0 unspecified atom stereocenters. The molecule has 1 atom stereocenters. The molecule has 0 radical (unpaired) electrons. The molecule has 0 bridgehead atoms. The molecule has 1 saturated carbocycles. The Morgan fingerprint density at radius 2 is 1.96 bits per heavy atom. The van der Waals surface area contributed by atoms with Crippen molar-refractivity contribution in [1.82, 2.24) is 10.2 Å². The van der Waals surface area contributed by atoms with Crippen LogP contribution in [0.5, 0.6) is 0 Å². The number of hydrogen-bond acceptors (Lipinski definition) is 4. The van der Waals surface area contributed by atoms with Gasteiger partial charge in [0.15, 0.2) is 6.19 Å². The fraction of sp³-hybridized carbons (Fsp3) is 0.500. The standard InChI is InChI=1S/C20H26N4O3/c1-14(25)22-17-10-6-9-16(12-17)19(26)23-18(20(27)24(2)13-21)11-15-7-4-3-5-8-15/h6,9-10,12,15,18H,3-5,7-8,11H2,1-2H3,(H,22,25)(H,23,26)/t18-/m0/s1. The van der Waals surface area contributed by atoms with Gasteiger partial charge >= 0.3 is 0 Å². The minimum Gasteiger partial charge on any atom is -0.340 e. The molecule has 7 heteroatoms. The predicted molar refractivity (Wildman–Crippen MR) is 102 cm³/mol. The van der Waals surface area contributed by atoms with Crippen LogP contribution in [-0.2, 0) is 9.59 Å². The van der Waals surface area contributed by atoms with Crippen molar-refractivity contribution < 1.29 is 14.4 Å². The van der Waals surface area contributed by atoms with E-state index < -0.39 is 17.9 Å². The first-order valence-electron chi connectivity index (χ1n) is 9.26. The molecular weight excluding hydrogens is 344 g/mol. The summed E-state index contributed by atoms with van der Waals surface area (Å²) in [5.41, 5.74) is 0.863. The maximum atomic E-state index is 12.7. The lowest BCUT2D eigenvalue weighted by Gasteiger charge is -2.27. The van der Waals surface area contributed by atoms with Gasteiger partial charge in [-0.2, -0.15) is 5.26 Å². The zero-order valence-electron chi connectivity index (χ0n) is 15.8. The molecular formula is C20H26N4O3. The van der Waals surface area contributed by atoms with Crippen LogP contribution in [0.4, 0.5) is 5.69 Å². The Morgan fingerprint density at radius 1 is 1.26 bits per heavy atom. The minimum atomic E-state index is -0.741. The van der Waals surface area contributed by atoms with Crippen LogP contribution in [0, 0.1) is 17.4 Å². The van der Waals surface area contributed by atoms with Gasteiger partial charge in [0.25, 0.3) is 11.8 Å². The SMILES string of the molecule is CC(=O)Nc1cccc(C(=O)N[C@@H](CC2CCCCC2)C(=O)N(C)C#N)c1. The molecule has 3 amide bonds. The Kier molecular flexibility index (Phi) is 7.35. The third-order valence-corrected chi connectivity index (χ3v) is 4.82. The molecule has 7 nitrogen and oxygen atoms in total. The van der Waals surface area contributed by atoms with Crippen LogP contribution in [0.2, 0.25) is 0 Å². The van der Waals surface area contributed by atoms with Crippen LogP contribution in [0.1, 0.15) is 55.8 Å². The molecule has 1 aromatic carbocycles. The minimum absolute atomic E-state index is 0.228. The van der Waals surface area contributed by atoms with Gasteiger partial charge in [-0.15, -0.1) is 0 Å². The van der Waals surface area contributed by atoms with Crippen molar-refractivity contribution in [2.75, 3.05) is 12.4 Å². The summed E-state index contributed by atoms with van der Waals surface area (Å²) in [5, 5.41) is 14.4. The molecule has 2 rings (SSSR count). The van der Waals surface area contributed by atoms with Gasteiger partial charge < -0.3 is 10.6 Å². The number of likely N-dealkylation sites (N-methyl/N-ethyl adjacent to an activating group) is 1. The highest BCUT2D eigenvalue weighted by Crippen LogP contribution is 2.27. The van der Waals surface area contributed by atoms with E-state index in [2.05, 4.69) is 10.6 Å². The van der Waals surface area contributed by atoms with Crippen LogP contribution >= 0.6 is 0 Å². The summed E-state index contributed by atoms with van der Waals surface area (Å²) in [4.78, 5) is 37.4. The highest BCUT2D eigenvalue weighted by atomic mass is 16.2. The molecule has 1 aliphatic carbocycles. The van der Waals surface area contributed by atoms with Crippen molar-refractivity contribution in [3.8, 4) is 6.19 Å². The monoisotopic (exact) mass is 370 g/mol. The highest BCUT2D eigenvalue weighted by molar-refractivity contribution is 5.99. The summed E-state index contributed by atoms with van der Waals surface area (Å²) >= 11 is 0. The van der Waals surface area contributed by atoms with E-state index in [1.165, 1.54) is 20.4 Å². The van der Waals surface area contributed by atoms with Crippen LogP contribution < -0.4 is 10.6 Å². The van der Waals surface area contributed by atoms with Gasteiger partial charge in [0.2, 0.25) is 5.91 Å². The van der Waals surface area contributed by atoms with Gasteiger partial charge in [-0.05, 0) is 30.5 Å². The fourth-order valence-corrected chi connectivity index (χ4v) is 3.44. The van der Waals surface area contributed by atoms with Crippen molar-refractivity contribution >= 4 is 23.4 Å². The molecule has 0 aliphatic heterocycles. The van der Waals surface area contributed by atoms with Crippen molar-refractivity contribution in [3.05, 3.63) is 29.8 Å². The summed E-state index contributed by atoms with van der Waals surface area (Å²) in [5.74, 6) is -0.670. The van der Waals surface area contributed by atoms with E-state index in [9.17, 15) is 14.4 Å². The van der Waals surface area contributed by atoms with Crippen LogP contribution in [-0.4, -0.2) is 35.7 Å². The summed E-state index contributed by atoms with van der Waals surface area (Å²) in [6.45, 7) is 1.39. The second-order valence-electron chi connectivity index (χ2n) is 7.03. The molecule has 1 aliphatic rings. The van der Waals surface area contributed by atoms with E-state index in [1.54, 1.807) is 24.3 Å². The Morgan fingerprint density at radius 3 is 2.59 bits per heavy atom. The Hall–Kier alpha value is -2.88. The third-order valence-electron chi connectivity index (χ3n) is 4.82. The quantitative estimate of drug-likeness (QED) is 0.593. The van der Waals surface area contributed by atoms with Gasteiger partial charge in [0.05, 0.1) is 0 Å². The normalized spacial score (nSPS) is 15.3. The summed E-state index contributed by atoms with van der Waals surface area (Å²) in [6, 6.07) is 5.80. The number of amides is 3. The average Bonchev–Trinajstić information content (AvgIpc) is 2.66. The third kappa shape index (κ3) is 6.10. The van der Waals surface area contributed by atoms with Crippen molar-refractivity contribution in [3.63, 3.8) is 0 Å². The number of anilines is 1. The average molecular weight is 370 g/mol. The van der Waals surface area contributed by atoms with Gasteiger partial charge in [-0.1, -0.05) is 38.2 Å². The predicted octanol–water partition coefficient (Wildman–Crippen LogP) is 2.65. The second-order valence-corrected chi connectivity index (χ2v) is 7.03. The lowest BCUT2D eigenvalue weighted by atomic mass is 9.84. The van der Waals surface area contributed by atoms with Crippen LogP contribution in [0.3, 0.4) is 0 Å². The molecule has 0 saturated heterocycles. The number of nitrogens with zero attached hydrogens (tertiary/aromatic N) is 2. The van der Waals surface area contributed by atoms with E-state index >= 15 is 0 Å². The number of rotatable bonds is 6. The summed E-state index contributed by atoms with van der Waals surface area (Å²) in [7, 11) is 1.40. The number of nitrogens with one attached hydrogen (secondary N) is 2. The van der Waals surface area contributed by atoms with Crippen molar-refractivity contribution in [2.45, 2.75) is 51.5 Å². The molecule has 1 fully saturated rings. The van der Waals surface area contributed by atoms with Gasteiger partial charge in [-0.25, -0.2) is 0 Å².